The molecule has 2 unspecified atom stereocenters. The van der Waals surface area contributed by atoms with Crippen LogP contribution >= 0.6 is 0 Å². The van der Waals surface area contributed by atoms with Crippen LogP contribution < -0.4 is 0 Å². The molecule has 76 valence electrons. The van der Waals surface area contributed by atoms with Crippen molar-refractivity contribution in [3.63, 3.8) is 0 Å². The van der Waals surface area contributed by atoms with E-state index in [9.17, 15) is 0 Å². The molecule has 2 aliphatic rings. The lowest BCUT2D eigenvalue weighted by atomic mass is 9.99. The third kappa shape index (κ3) is 2.42. The summed E-state index contributed by atoms with van der Waals surface area (Å²) in [7, 11) is 0. The molecule has 2 heterocycles. The highest BCUT2D eigenvalue weighted by atomic mass is 16.8. The Hall–Kier alpha value is -0.120. The smallest absolute Gasteiger partial charge is 0.199 e. The number of hydrogen-bond donors (Lipinski definition) is 0. The fourth-order valence-corrected chi connectivity index (χ4v) is 1.40. The van der Waals surface area contributed by atoms with E-state index in [-0.39, 0.29) is 17.9 Å². The largest absolute Gasteiger partial charge is 0.348 e. The van der Waals surface area contributed by atoms with Gasteiger partial charge in [0, 0.05) is 13.1 Å². The summed E-state index contributed by atoms with van der Waals surface area (Å²) in [6.07, 6.45) is 1.64. The van der Waals surface area contributed by atoms with Crippen LogP contribution in [0.3, 0.4) is 0 Å². The van der Waals surface area contributed by atoms with Crippen molar-refractivity contribution < 1.29 is 9.47 Å². The first-order valence-electron chi connectivity index (χ1n) is 5.07. The monoisotopic (exact) mass is 185 g/mol. The Bertz CT molecular complexity index is 184. The first kappa shape index (κ1) is 9.44. The van der Waals surface area contributed by atoms with Crippen LogP contribution in [0.1, 0.15) is 27.2 Å². The van der Waals surface area contributed by atoms with Crippen molar-refractivity contribution in [1.29, 1.82) is 0 Å². The van der Waals surface area contributed by atoms with Crippen LogP contribution in [0.5, 0.6) is 0 Å². The van der Waals surface area contributed by atoms with E-state index in [0.29, 0.717) is 0 Å². The van der Waals surface area contributed by atoms with E-state index in [1.165, 1.54) is 19.5 Å². The second kappa shape index (κ2) is 3.23. The van der Waals surface area contributed by atoms with Gasteiger partial charge in [-0.15, -0.1) is 0 Å². The van der Waals surface area contributed by atoms with Gasteiger partial charge in [-0.25, -0.2) is 0 Å². The lowest BCUT2D eigenvalue weighted by Gasteiger charge is -2.28. The van der Waals surface area contributed by atoms with E-state index in [1.807, 2.05) is 0 Å². The Morgan fingerprint density at radius 1 is 1.38 bits per heavy atom. The molecule has 0 aromatic carbocycles. The lowest BCUT2D eigenvalue weighted by molar-refractivity contribution is 0.00777. The summed E-state index contributed by atoms with van der Waals surface area (Å²) in [5.74, 6) is 0. The zero-order chi connectivity index (χ0) is 9.47. The first-order valence-corrected chi connectivity index (χ1v) is 5.07. The molecule has 2 atom stereocenters. The summed E-state index contributed by atoms with van der Waals surface area (Å²) in [6, 6.07) is 0. The molecule has 0 aromatic rings. The minimum Gasteiger partial charge on any atom is -0.348 e. The van der Waals surface area contributed by atoms with Crippen molar-refractivity contribution >= 4 is 0 Å². The Balaban J connectivity index is 1.63. The normalized spacial score (nSPS) is 34.4. The minimum atomic E-state index is 0.0551. The summed E-state index contributed by atoms with van der Waals surface area (Å²) in [5, 5.41) is 0. The van der Waals surface area contributed by atoms with Crippen LogP contribution in [0.15, 0.2) is 0 Å². The van der Waals surface area contributed by atoms with Gasteiger partial charge in [-0.05, 0) is 11.8 Å². The maximum absolute atomic E-state index is 5.62. The Morgan fingerprint density at radius 3 is 2.54 bits per heavy atom. The van der Waals surface area contributed by atoms with E-state index >= 15 is 0 Å². The van der Waals surface area contributed by atoms with Crippen LogP contribution in [0.25, 0.3) is 0 Å². The third-order valence-electron chi connectivity index (χ3n) is 2.36. The molecule has 0 saturated carbocycles. The zero-order valence-corrected chi connectivity index (χ0v) is 8.75. The molecular formula is C10H19NO2. The van der Waals surface area contributed by atoms with E-state index in [2.05, 4.69) is 25.7 Å². The number of nitrogens with zero attached hydrogens (tertiary/aromatic N) is 1. The Kier molecular flexibility index (Phi) is 2.34. The molecule has 0 bridgehead atoms. The van der Waals surface area contributed by atoms with Crippen molar-refractivity contribution in [3.8, 4) is 0 Å². The van der Waals surface area contributed by atoms with Gasteiger partial charge in [-0.2, -0.15) is 0 Å². The molecular weight excluding hydrogens is 166 g/mol. The van der Waals surface area contributed by atoms with Gasteiger partial charge in [0.15, 0.2) is 12.5 Å². The summed E-state index contributed by atoms with van der Waals surface area (Å²) in [6.45, 7) is 9.66. The van der Waals surface area contributed by atoms with Gasteiger partial charge in [0.2, 0.25) is 0 Å². The van der Waals surface area contributed by atoms with Gasteiger partial charge in [0.05, 0.1) is 6.61 Å². The quantitative estimate of drug-likeness (QED) is 0.622. The molecule has 13 heavy (non-hydrogen) atoms. The van der Waals surface area contributed by atoms with Gasteiger partial charge in [-0.3, -0.25) is 4.90 Å². The molecule has 2 aliphatic heterocycles. The third-order valence-corrected chi connectivity index (χ3v) is 2.36. The van der Waals surface area contributed by atoms with Gasteiger partial charge < -0.3 is 9.47 Å². The van der Waals surface area contributed by atoms with Gasteiger partial charge in [0.25, 0.3) is 0 Å². The predicted molar refractivity (Wildman–Crippen MR) is 50.3 cm³/mol. The number of epoxide rings is 1. The summed E-state index contributed by atoms with van der Waals surface area (Å²) in [4.78, 5) is 2.33. The molecule has 2 rings (SSSR count). The van der Waals surface area contributed by atoms with Crippen LogP contribution in [-0.2, 0) is 9.47 Å². The van der Waals surface area contributed by atoms with Crippen LogP contribution in [-0.4, -0.2) is 37.1 Å². The molecule has 0 amide bonds. The topological polar surface area (TPSA) is 25.0 Å². The van der Waals surface area contributed by atoms with Gasteiger partial charge in [-0.1, -0.05) is 20.8 Å². The molecule has 3 nitrogen and oxygen atoms in total. The van der Waals surface area contributed by atoms with Crippen LogP contribution in [0.4, 0.5) is 0 Å². The number of likely N-dealkylation sites (tertiary alicyclic amines) is 1. The zero-order valence-electron chi connectivity index (χ0n) is 8.75. The average molecular weight is 185 g/mol. The first-order chi connectivity index (χ1) is 6.06. The Morgan fingerprint density at radius 2 is 2.08 bits per heavy atom. The molecule has 0 aliphatic carbocycles. The molecule has 0 radical (unpaired) electrons. The second-order valence-electron chi connectivity index (χ2n) is 5.16. The fourth-order valence-electron chi connectivity index (χ4n) is 1.40. The molecule has 0 spiro atoms. The molecule has 0 aromatic heterocycles. The number of hydrogen-bond acceptors (Lipinski definition) is 3. The number of rotatable bonds is 3. The van der Waals surface area contributed by atoms with Crippen molar-refractivity contribution in [2.75, 3.05) is 19.7 Å². The second-order valence-corrected chi connectivity index (χ2v) is 5.16. The SMILES string of the molecule is CC(C)(C)COC1OC1N1CCC1. The van der Waals surface area contributed by atoms with Crippen molar-refractivity contribution in [1.82, 2.24) is 4.90 Å². The fraction of sp³-hybridized carbons (Fsp3) is 1.00. The highest BCUT2D eigenvalue weighted by Crippen LogP contribution is 2.31. The average Bonchev–Trinajstić information content (AvgIpc) is 2.58. The summed E-state index contributed by atoms with van der Waals surface area (Å²) >= 11 is 0. The molecule has 2 saturated heterocycles. The van der Waals surface area contributed by atoms with Gasteiger partial charge in [0.1, 0.15) is 0 Å². The molecule has 3 heteroatoms. The molecule has 0 N–H and O–H groups in total. The van der Waals surface area contributed by atoms with Crippen molar-refractivity contribution in [2.45, 2.75) is 39.7 Å². The predicted octanol–water partition coefficient (Wildman–Crippen LogP) is 1.44. The number of ether oxygens (including phenoxy) is 2. The standard InChI is InChI=1S/C10H19NO2/c1-10(2,3)7-12-9-8(13-9)11-5-4-6-11/h8-9H,4-7H2,1-3H3. The highest BCUT2D eigenvalue weighted by Gasteiger charge is 2.46. The van der Waals surface area contributed by atoms with E-state index < -0.39 is 0 Å². The Labute approximate surface area is 80.0 Å². The van der Waals surface area contributed by atoms with Crippen molar-refractivity contribution in [2.24, 2.45) is 5.41 Å². The van der Waals surface area contributed by atoms with Gasteiger partial charge >= 0.3 is 0 Å². The van der Waals surface area contributed by atoms with E-state index in [0.717, 1.165) is 6.61 Å². The summed E-state index contributed by atoms with van der Waals surface area (Å²) in [5.41, 5.74) is 0.242. The molecule has 2 fully saturated rings. The highest BCUT2D eigenvalue weighted by molar-refractivity contribution is 4.83. The van der Waals surface area contributed by atoms with Crippen LogP contribution in [0.2, 0.25) is 0 Å². The maximum Gasteiger partial charge on any atom is 0.199 e. The lowest BCUT2D eigenvalue weighted by Crippen LogP contribution is -2.40. The summed E-state index contributed by atoms with van der Waals surface area (Å²) < 4.78 is 11.0. The minimum absolute atomic E-state index is 0.0551. The maximum atomic E-state index is 5.62. The van der Waals surface area contributed by atoms with Crippen LogP contribution in [0, 0.1) is 5.41 Å². The van der Waals surface area contributed by atoms with Crippen molar-refractivity contribution in [3.05, 3.63) is 0 Å². The van der Waals surface area contributed by atoms with E-state index in [4.69, 9.17) is 9.47 Å². The van der Waals surface area contributed by atoms with E-state index in [1.54, 1.807) is 0 Å².